The second-order valence-electron chi connectivity index (χ2n) is 2.41. The van der Waals surface area contributed by atoms with Crippen molar-refractivity contribution < 1.29 is 0 Å². The fourth-order valence-electron chi connectivity index (χ4n) is 0.500. The van der Waals surface area contributed by atoms with Gasteiger partial charge in [-0.2, -0.15) is 0 Å². The van der Waals surface area contributed by atoms with E-state index in [0.29, 0.717) is 0 Å². The van der Waals surface area contributed by atoms with Crippen molar-refractivity contribution in [3.63, 3.8) is 0 Å². The maximum atomic E-state index is 2.23. The number of hydrogen-bond donors (Lipinski definition) is 0. The van der Waals surface area contributed by atoms with E-state index in [2.05, 4.69) is 27.7 Å². The highest BCUT2D eigenvalue weighted by Gasteiger charge is 1.75. The molecule has 0 heteroatoms. The highest BCUT2D eigenvalue weighted by molar-refractivity contribution is 4.31. The Balaban J connectivity index is -0.000000107. The lowest BCUT2D eigenvalue weighted by Crippen LogP contribution is -1.66. The van der Waals surface area contributed by atoms with Crippen LogP contribution in [0.2, 0.25) is 0 Å². The van der Waals surface area contributed by atoms with Gasteiger partial charge in [-0.3, -0.25) is 0 Å². The summed E-state index contributed by atoms with van der Waals surface area (Å²) >= 11 is 0. The lowest BCUT2D eigenvalue weighted by atomic mass is 10.2. The molecular formula is C10H26. The molecule has 0 saturated heterocycles. The zero-order chi connectivity index (χ0) is 7.54. The van der Waals surface area contributed by atoms with E-state index >= 15 is 0 Å². The van der Waals surface area contributed by atoms with E-state index in [4.69, 9.17) is 0 Å². The fraction of sp³-hybridized carbons (Fsp3) is 1.00. The average Bonchev–Trinajstić information content (AvgIpc) is 1.86. The Bertz CT molecular complexity index is 19.2. The first-order valence-corrected chi connectivity index (χ1v) is 4.33. The molecular weight excluding hydrogens is 120 g/mol. The molecule has 0 N–H and O–H groups in total. The molecule has 0 heterocycles. The molecule has 10 heavy (non-hydrogen) atoms. The molecule has 0 aliphatic heterocycles. The molecule has 0 bridgehead atoms. The van der Waals surface area contributed by atoms with E-state index in [-0.39, 0.29) is 7.43 Å². The van der Waals surface area contributed by atoms with Crippen molar-refractivity contribution in [1.29, 1.82) is 0 Å². The van der Waals surface area contributed by atoms with Gasteiger partial charge in [-0.05, 0) is 0 Å². The summed E-state index contributed by atoms with van der Waals surface area (Å²) in [5, 5.41) is 0. The number of unbranched alkanes of at least 4 members (excludes halogenated alkanes) is 3. The molecule has 66 valence electrons. The van der Waals surface area contributed by atoms with Crippen molar-refractivity contribution >= 4 is 0 Å². The third-order valence-corrected chi connectivity index (χ3v) is 0.957. The monoisotopic (exact) mass is 146 g/mol. The largest absolute Gasteiger partial charge is 0.0776 e. The van der Waals surface area contributed by atoms with E-state index in [0.717, 1.165) is 0 Å². The second-order valence-corrected chi connectivity index (χ2v) is 2.41. The Labute approximate surface area is 68.0 Å². The lowest BCUT2D eigenvalue weighted by molar-refractivity contribution is 0.702. The maximum absolute atomic E-state index is 2.23. The van der Waals surface area contributed by atoms with Gasteiger partial charge in [0, 0.05) is 0 Å². The maximum Gasteiger partial charge on any atom is -0.0536 e. The third kappa shape index (κ3) is 43.6. The van der Waals surface area contributed by atoms with Gasteiger partial charge in [0.25, 0.3) is 0 Å². The smallest absolute Gasteiger partial charge is 0.0536 e. The molecule has 0 aliphatic rings. The van der Waals surface area contributed by atoms with E-state index in [9.17, 15) is 0 Å². The van der Waals surface area contributed by atoms with Crippen LogP contribution in [0.1, 0.15) is 67.2 Å². The Morgan fingerprint density at radius 1 is 0.700 bits per heavy atom. The van der Waals surface area contributed by atoms with Crippen LogP contribution >= 0.6 is 0 Å². The Morgan fingerprint density at radius 2 is 0.900 bits per heavy atom. The van der Waals surface area contributed by atoms with Gasteiger partial charge in [-0.1, -0.05) is 67.2 Å². The fourth-order valence-corrected chi connectivity index (χ4v) is 0.500. The molecule has 0 aromatic rings. The zero-order valence-electron chi connectivity index (χ0n) is 7.54. The van der Waals surface area contributed by atoms with Crippen molar-refractivity contribution in [3.05, 3.63) is 0 Å². The van der Waals surface area contributed by atoms with Crippen LogP contribution in [-0.4, -0.2) is 0 Å². The first-order valence-electron chi connectivity index (χ1n) is 4.33. The van der Waals surface area contributed by atoms with Crippen molar-refractivity contribution in [2.45, 2.75) is 67.2 Å². The van der Waals surface area contributed by atoms with Crippen LogP contribution in [0.3, 0.4) is 0 Å². The van der Waals surface area contributed by atoms with E-state index in [1.165, 1.54) is 32.1 Å². The van der Waals surface area contributed by atoms with Crippen molar-refractivity contribution in [3.8, 4) is 0 Å². The molecule has 0 aromatic heterocycles. The summed E-state index contributed by atoms with van der Waals surface area (Å²) < 4.78 is 0. The Hall–Kier alpha value is 0. The summed E-state index contributed by atoms with van der Waals surface area (Å²) in [5.74, 6) is 0. The SMILES string of the molecule is C.CCC.CCCCCC. The van der Waals surface area contributed by atoms with Gasteiger partial charge in [0.15, 0.2) is 0 Å². The summed E-state index contributed by atoms with van der Waals surface area (Å²) in [7, 11) is 0. The molecule has 0 saturated carbocycles. The van der Waals surface area contributed by atoms with Gasteiger partial charge >= 0.3 is 0 Å². The molecule has 0 aliphatic carbocycles. The van der Waals surface area contributed by atoms with E-state index < -0.39 is 0 Å². The molecule has 0 spiro atoms. The van der Waals surface area contributed by atoms with Gasteiger partial charge in [0.2, 0.25) is 0 Å². The first-order chi connectivity index (χ1) is 4.33. The van der Waals surface area contributed by atoms with Gasteiger partial charge in [0.1, 0.15) is 0 Å². The topological polar surface area (TPSA) is 0 Å². The van der Waals surface area contributed by atoms with Crippen LogP contribution in [-0.2, 0) is 0 Å². The Morgan fingerprint density at radius 3 is 1.00 bits per heavy atom. The lowest BCUT2D eigenvalue weighted by Gasteiger charge is -1.86. The first kappa shape index (κ1) is 16.5. The minimum atomic E-state index is 0. The molecule has 0 unspecified atom stereocenters. The van der Waals surface area contributed by atoms with Gasteiger partial charge in [0.05, 0.1) is 0 Å². The average molecular weight is 146 g/mol. The molecule has 0 atom stereocenters. The van der Waals surface area contributed by atoms with Crippen LogP contribution in [0.15, 0.2) is 0 Å². The van der Waals surface area contributed by atoms with Gasteiger partial charge in [-0.15, -0.1) is 0 Å². The summed E-state index contributed by atoms with van der Waals surface area (Å²) in [6.07, 6.45) is 6.79. The van der Waals surface area contributed by atoms with Gasteiger partial charge < -0.3 is 0 Å². The summed E-state index contributed by atoms with van der Waals surface area (Å²) in [4.78, 5) is 0. The van der Waals surface area contributed by atoms with E-state index in [1.54, 1.807) is 0 Å². The van der Waals surface area contributed by atoms with Crippen LogP contribution in [0, 0.1) is 0 Å². The van der Waals surface area contributed by atoms with Crippen LogP contribution in [0.5, 0.6) is 0 Å². The number of hydrogen-bond acceptors (Lipinski definition) is 0. The Kier molecular flexibility index (Phi) is 38.1. The zero-order valence-corrected chi connectivity index (χ0v) is 7.54. The quantitative estimate of drug-likeness (QED) is 0.509. The number of rotatable bonds is 3. The van der Waals surface area contributed by atoms with Crippen LogP contribution in [0.4, 0.5) is 0 Å². The van der Waals surface area contributed by atoms with E-state index in [1.807, 2.05) is 0 Å². The normalized spacial score (nSPS) is 7.20. The van der Waals surface area contributed by atoms with Gasteiger partial charge in [-0.25, -0.2) is 0 Å². The molecule has 0 amide bonds. The minimum Gasteiger partial charge on any atom is -0.0776 e. The second kappa shape index (κ2) is 23.0. The van der Waals surface area contributed by atoms with Crippen LogP contribution < -0.4 is 0 Å². The highest BCUT2D eigenvalue weighted by Crippen LogP contribution is 1.95. The standard InChI is InChI=1S/C6H14.C3H8.CH4/c1-3-5-6-4-2;1-3-2;/h3-6H2,1-2H3;3H2,1-2H3;1H4. The van der Waals surface area contributed by atoms with Crippen LogP contribution in [0.25, 0.3) is 0 Å². The highest BCUT2D eigenvalue weighted by atomic mass is 13.8. The summed E-state index contributed by atoms with van der Waals surface area (Å²) in [5.41, 5.74) is 0. The summed E-state index contributed by atoms with van der Waals surface area (Å²) in [6.45, 7) is 8.71. The third-order valence-electron chi connectivity index (χ3n) is 0.957. The molecule has 0 aromatic carbocycles. The molecule has 0 rings (SSSR count). The predicted octanol–water partition coefficient (Wildman–Crippen LogP) is 4.64. The summed E-state index contributed by atoms with van der Waals surface area (Å²) in [6, 6.07) is 0. The molecule has 0 nitrogen and oxygen atoms in total. The van der Waals surface area contributed by atoms with Crippen molar-refractivity contribution in [2.24, 2.45) is 0 Å². The predicted molar refractivity (Wildman–Crippen MR) is 52.5 cm³/mol. The van der Waals surface area contributed by atoms with Crippen molar-refractivity contribution in [2.75, 3.05) is 0 Å². The van der Waals surface area contributed by atoms with Crippen molar-refractivity contribution in [1.82, 2.24) is 0 Å². The molecule has 0 radical (unpaired) electrons. The minimum absolute atomic E-state index is 0. The molecule has 0 fully saturated rings.